The van der Waals surface area contributed by atoms with E-state index in [1.165, 1.54) is 0 Å². The maximum absolute atomic E-state index is 8.89. The Bertz CT molecular complexity index is 441. The second kappa shape index (κ2) is 5.21. The molecule has 0 fully saturated rings. The predicted molar refractivity (Wildman–Crippen MR) is 64.9 cm³/mol. The molecular formula is C12H11Cl2N. The summed E-state index contributed by atoms with van der Waals surface area (Å²) in [7, 11) is 0. The van der Waals surface area contributed by atoms with Crippen LogP contribution in [-0.4, -0.2) is 0 Å². The third-order valence-electron chi connectivity index (χ3n) is 2.26. The van der Waals surface area contributed by atoms with Crippen molar-refractivity contribution in [1.82, 2.24) is 0 Å². The zero-order valence-corrected chi connectivity index (χ0v) is 10.2. The highest BCUT2D eigenvalue weighted by atomic mass is 35.5. The highest BCUT2D eigenvalue weighted by molar-refractivity contribution is 6.50. The van der Waals surface area contributed by atoms with E-state index in [4.69, 9.17) is 28.5 Å². The van der Waals surface area contributed by atoms with Crippen molar-refractivity contribution in [2.45, 2.75) is 20.3 Å². The molecule has 0 saturated carbocycles. The number of hydrogen-bond donors (Lipinski definition) is 0. The third-order valence-corrected chi connectivity index (χ3v) is 3.10. The monoisotopic (exact) mass is 239 g/mol. The maximum Gasteiger partial charge on any atom is 0.0962 e. The van der Waals surface area contributed by atoms with E-state index >= 15 is 0 Å². The molecule has 0 heterocycles. The Morgan fingerprint density at radius 3 is 2.67 bits per heavy atom. The van der Waals surface area contributed by atoms with E-state index in [-0.39, 0.29) is 0 Å². The first-order valence-corrected chi connectivity index (χ1v) is 5.41. The molecule has 0 N–H and O–H groups in total. The molecule has 0 spiro atoms. The number of hydrogen-bond acceptors (Lipinski definition) is 1. The van der Waals surface area contributed by atoms with Gasteiger partial charge >= 0.3 is 0 Å². The molecule has 1 rings (SSSR count). The van der Waals surface area contributed by atoms with E-state index in [9.17, 15) is 0 Å². The van der Waals surface area contributed by atoms with Crippen LogP contribution in [0.2, 0.25) is 5.02 Å². The lowest BCUT2D eigenvalue weighted by Gasteiger charge is -2.07. The Hall–Kier alpha value is -0.970. The minimum absolute atomic E-state index is 0.500. The van der Waals surface area contributed by atoms with E-state index in [0.717, 1.165) is 11.1 Å². The van der Waals surface area contributed by atoms with Gasteiger partial charge in [-0.3, -0.25) is 0 Å². The second-order valence-electron chi connectivity index (χ2n) is 3.17. The second-order valence-corrected chi connectivity index (χ2v) is 3.96. The smallest absolute Gasteiger partial charge is 0.0962 e. The fraction of sp³-hybridized carbons (Fsp3) is 0.250. The van der Waals surface area contributed by atoms with Gasteiger partial charge in [-0.1, -0.05) is 42.3 Å². The summed E-state index contributed by atoms with van der Waals surface area (Å²) >= 11 is 12.1. The number of benzene rings is 1. The summed E-state index contributed by atoms with van der Waals surface area (Å²) in [5, 5.41) is 10.1. The molecule has 0 bridgehead atoms. The van der Waals surface area contributed by atoms with Crippen molar-refractivity contribution in [2.24, 2.45) is 0 Å². The van der Waals surface area contributed by atoms with Crippen LogP contribution in [-0.2, 0) is 0 Å². The molecule has 3 heteroatoms. The van der Waals surface area contributed by atoms with Crippen molar-refractivity contribution < 1.29 is 0 Å². The average molecular weight is 240 g/mol. The van der Waals surface area contributed by atoms with E-state index in [0.29, 0.717) is 22.0 Å². The molecule has 0 unspecified atom stereocenters. The lowest BCUT2D eigenvalue weighted by Crippen LogP contribution is -1.88. The van der Waals surface area contributed by atoms with Crippen LogP contribution >= 0.6 is 23.2 Å². The summed E-state index contributed by atoms with van der Waals surface area (Å²) in [6.07, 6.45) is 0.626. The summed E-state index contributed by atoms with van der Waals surface area (Å²) in [5.41, 5.74) is 2.33. The molecular weight excluding hydrogens is 229 g/mol. The Balaban J connectivity index is 3.35. The van der Waals surface area contributed by atoms with Gasteiger partial charge in [-0.05, 0) is 30.5 Å². The molecule has 0 radical (unpaired) electrons. The van der Waals surface area contributed by atoms with Gasteiger partial charge in [0.2, 0.25) is 0 Å². The fourth-order valence-corrected chi connectivity index (χ4v) is 1.85. The minimum Gasteiger partial charge on any atom is -0.193 e. The summed E-state index contributed by atoms with van der Waals surface area (Å²) in [4.78, 5) is 0. The number of nitrogens with zero attached hydrogens (tertiary/aromatic N) is 1. The first kappa shape index (κ1) is 12.1. The van der Waals surface area contributed by atoms with Gasteiger partial charge in [0.25, 0.3) is 0 Å². The number of halogens is 2. The molecule has 78 valence electrons. The van der Waals surface area contributed by atoms with Gasteiger partial charge in [0, 0.05) is 10.6 Å². The molecule has 0 amide bonds. The quantitative estimate of drug-likeness (QED) is 0.696. The summed E-state index contributed by atoms with van der Waals surface area (Å²) < 4.78 is 0. The van der Waals surface area contributed by atoms with Crippen molar-refractivity contribution in [3.8, 4) is 6.07 Å². The van der Waals surface area contributed by atoms with Gasteiger partial charge in [-0.2, -0.15) is 5.26 Å². The van der Waals surface area contributed by atoms with Crippen LogP contribution in [0.3, 0.4) is 0 Å². The molecule has 0 saturated heterocycles. The van der Waals surface area contributed by atoms with Gasteiger partial charge < -0.3 is 0 Å². The lowest BCUT2D eigenvalue weighted by molar-refractivity contribution is 1.16. The van der Waals surface area contributed by atoms with E-state index < -0.39 is 0 Å². The van der Waals surface area contributed by atoms with E-state index in [1.54, 1.807) is 0 Å². The van der Waals surface area contributed by atoms with Crippen LogP contribution in [0.5, 0.6) is 0 Å². The van der Waals surface area contributed by atoms with Crippen LogP contribution in [0.4, 0.5) is 0 Å². The molecule has 1 aromatic carbocycles. The molecule has 0 aliphatic rings. The Kier molecular flexibility index (Phi) is 4.20. The zero-order chi connectivity index (χ0) is 11.4. The predicted octanol–water partition coefficient (Wildman–Crippen LogP) is 4.53. The van der Waals surface area contributed by atoms with Crippen LogP contribution in [0.25, 0.3) is 5.03 Å². The van der Waals surface area contributed by atoms with Gasteiger partial charge in [-0.25, -0.2) is 0 Å². The number of allylic oxidation sites excluding steroid dienone is 1. The zero-order valence-electron chi connectivity index (χ0n) is 8.64. The summed E-state index contributed by atoms with van der Waals surface area (Å²) in [6, 6.07) is 7.61. The van der Waals surface area contributed by atoms with E-state index in [2.05, 4.69) is 6.07 Å². The van der Waals surface area contributed by atoms with Gasteiger partial charge in [0.1, 0.15) is 0 Å². The number of nitriles is 1. The van der Waals surface area contributed by atoms with Crippen LogP contribution < -0.4 is 0 Å². The Morgan fingerprint density at radius 2 is 2.13 bits per heavy atom. The molecule has 0 atom stereocenters. The Labute approximate surface area is 99.9 Å². The molecule has 1 aromatic rings. The molecule has 0 aliphatic carbocycles. The average Bonchev–Trinajstić information content (AvgIpc) is 2.23. The SMILES string of the molecule is CC/C(C#N)=C(/Cl)c1cccc(Cl)c1C. The topological polar surface area (TPSA) is 23.8 Å². The summed E-state index contributed by atoms with van der Waals surface area (Å²) in [5.74, 6) is 0. The number of rotatable bonds is 2. The minimum atomic E-state index is 0.500. The Morgan fingerprint density at radius 1 is 1.47 bits per heavy atom. The van der Waals surface area contributed by atoms with Gasteiger partial charge in [-0.15, -0.1) is 0 Å². The molecule has 1 nitrogen and oxygen atoms in total. The molecule has 15 heavy (non-hydrogen) atoms. The normalized spacial score (nSPS) is 11.9. The van der Waals surface area contributed by atoms with E-state index in [1.807, 2.05) is 32.0 Å². The van der Waals surface area contributed by atoms with Gasteiger partial charge in [0.05, 0.1) is 11.1 Å². The first-order chi connectivity index (χ1) is 7.11. The standard InChI is InChI=1S/C12H11Cl2N/c1-3-9(7-15)12(14)10-5-4-6-11(13)8(10)2/h4-6H,3H2,1-2H3/b12-9-. The van der Waals surface area contributed by atoms with Crippen molar-refractivity contribution in [3.63, 3.8) is 0 Å². The highest BCUT2D eigenvalue weighted by Crippen LogP contribution is 2.30. The van der Waals surface area contributed by atoms with Crippen molar-refractivity contribution in [2.75, 3.05) is 0 Å². The molecule has 0 aromatic heterocycles. The highest BCUT2D eigenvalue weighted by Gasteiger charge is 2.09. The maximum atomic E-state index is 8.89. The molecule has 0 aliphatic heterocycles. The third kappa shape index (κ3) is 2.53. The van der Waals surface area contributed by atoms with Gasteiger partial charge in [0.15, 0.2) is 0 Å². The van der Waals surface area contributed by atoms with Crippen molar-refractivity contribution >= 4 is 28.2 Å². The van der Waals surface area contributed by atoms with Crippen LogP contribution in [0, 0.1) is 18.3 Å². The fourth-order valence-electron chi connectivity index (χ4n) is 1.29. The largest absolute Gasteiger partial charge is 0.193 e. The van der Waals surface area contributed by atoms with Crippen molar-refractivity contribution in [1.29, 1.82) is 5.26 Å². The lowest BCUT2D eigenvalue weighted by atomic mass is 10.0. The van der Waals surface area contributed by atoms with Crippen molar-refractivity contribution in [3.05, 3.63) is 39.9 Å². The van der Waals surface area contributed by atoms with Crippen LogP contribution in [0.15, 0.2) is 23.8 Å². The summed E-state index contributed by atoms with van der Waals surface area (Å²) in [6.45, 7) is 3.80. The van der Waals surface area contributed by atoms with Crippen LogP contribution in [0.1, 0.15) is 24.5 Å². The first-order valence-electron chi connectivity index (χ1n) is 4.66.